The van der Waals surface area contributed by atoms with Gasteiger partial charge in [0, 0.05) is 25.7 Å². The Kier molecular flexibility index (Phi) is 10.7. The second-order valence-electron chi connectivity index (χ2n) is 5.96. The fourth-order valence-electron chi connectivity index (χ4n) is 2.68. The van der Waals surface area contributed by atoms with Crippen LogP contribution in [0, 0.1) is 0 Å². The SMILES string of the molecule is Cl.Cl.NCC(=O)NCC(=O)NC1CCN(Cc2ccc(C(F)(F)F)cc2)C1. The van der Waals surface area contributed by atoms with Crippen LogP contribution >= 0.6 is 24.8 Å². The molecule has 4 N–H and O–H groups in total. The van der Waals surface area contributed by atoms with Crippen molar-refractivity contribution in [3.05, 3.63) is 35.4 Å². The summed E-state index contributed by atoms with van der Waals surface area (Å²) in [6.07, 6.45) is -3.59. The maximum absolute atomic E-state index is 12.5. The summed E-state index contributed by atoms with van der Waals surface area (Å²) in [5.41, 5.74) is 5.26. The molecule has 1 saturated heterocycles. The van der Waals surface area contributed by atoms with Crippen molar-refractivity contribution < 1.29 is 22.8 Å². The monoisotopic (exact) mass is 430 g/mol. The van der Waals surface area contributed by atoms with Crippen molar-refractivity contribution in [1.82, 2.24) is 15.5 Å². The number of nitrogens with zero attached hydrogens (tertiary/aromatic N) is 1. The van der Waals surface area contributed by atoms with Crippen molar-refractivity contribution in [2.75, 3.05) is 26.2 Å². The van der Waals surface area contributed by atoms with E-state index in [4.69, 9.17) is 5.73 Å². The molecule has 1 heterocycles. The summed E-state index contributed by atoms with van der Waals surface area (Å²) >= 11 is 0. The third kappa shape index (κ3) is 8.34. The van der Waals surface area contributed by atoms with Gasteiger partial charge in [0.25, 0.3) is 0 Å². The molecule has 0 radical (unpaired) electrons. The summed E-state index contributed by atoms with van der Waals surface area (Å²) < 4.78 is 37.6. The number of hydrogen-bond donors (Lipinski definition) is 3. The maximum atomic E-state index is 12.5. The van der Waals surface area contributed by atoms with E-state index >= 15 is 0 Å². The number of hydrogen-bond acceptors (Lipinski definition) is 4. The van der Waals surface area contributed by atoms with Gasteiger partial charge in [-0.3, -0.25) is 14.5 Å². The van der Waals surface area contributed by atoms with Gasteiger partial charge in [-0.2, -0.15) is 13.2 Å². The number of alkyl halides is 3. The van der Waals surface area contributed by atoms with Gasteiger partial charge >= 0.3 is 6.18 Å². The topological polar surface area (TPSA) is 87.5 Å². The smallest absolute Gasteiger partial charge is 0.350 e. The molecule has 1 aliphatic rings. The number of rotatable bonds is 6. The minimum atomic E-state index is -4.33. The Labute approximate surface area is 167 Å². The molecular formula is C16H23Cl2F3N4O2. The van der Waals surface area contributed by atoms with E-state index in [0.29, 0.717) is 13.1 Å². The summed E-state index contributed by atoms with van der Waals surface area (Å²) in [6.45, 7) is 1.58. The van der Waals surface area contributed by atoms with Gasteiger partial charge in [-0.05, 0) is 24.1 Å². The summed E-state index contributed by atoms with van der Waals surface area (Å²) in [7, 11) is 0. The van der Waals surface area contributed by atoms with Crippen LogP contribution < -0.4 is 16.4 Å². The Bertz CT molecular complexity index is 615. The highest BCUT2D eigenvalue weighted by Gasteiger charge is 2.30. The Balaban J connectivity index is 0.00000338. The first-order valence-electron chi connectivity index (χ1n) is 7.92. The number of likely N-dealkylation sites (tertiary alicyclic amines) is 1. The first-order chi connectivity index (χ1) is 11.8. The number of benzene rings is 1. The molecule has 1 unspecified atom stereocenters. The summed E-state index contributed by atoms with van der Waals surface area (Å²) in [6, 6.07) is 5.04. The highest BCUT2D eigenvalue weighted by Crippen LogP contribution is 2.29. The van der Waals surface area contributed by atoms with Crippen LogP contribution in [0.3, 0.4) is 0 Å². The lowest BCUT2D eigenvalue weighted by Crippen LogP contribution is -2.44. The second kappa shape index (κ2) is 11.3. The molecule has 0 saturated carbocycles. The molecule has 1 aromatic rings. The fraction of sp³-hybridized carbons (Fsp3) is 0.500. The third-order valence-corrected chi connectivity index (χ3v) is 3.96. The molecule has 0 bridgehead atoms. The molecule has 1 aliphatic heterocycles. The molecule has 2 amide bonds. The molecular weight excluding hydrogens is 408 g/mol. The van der Waals surface area contributed by atoms with Crippen molar-refractivity contribution in [1.29, 1.82) is 0 Å². The van der Waals surface area contributed by atoms with Gasteiger partial charge < -0.3 is 16.4 Å². The number of carbonyl (C=O) groups is 2. The molecule has 0 aliphatic carbocycles. The van der Waals surface area contributed by atoms with Gasteiger partial charge in [0.05, 0.1) is 18.7 Å². The van der Waals surface area contributed by atoms with Gasteiger partial charge in [0.2, 0.25) is 11.8 Å². The van der Waals surface area contributed by atoms with E-state index in [0.717, 1.165) is 30.7 Å². The van der Waals surface area contributed by atoms with Gasteiger partial charge in [-0.1, -0.05) is 12.1 Å². The molecule has 2 rings (SSSR count). The first kappa shape index (κ1) is 25.4. The summed E-state index contributed by atoms with van der Waals surface area (Å²) in [5, 5.41) is 5.21. The molecule has 27 heavy (non-hydrogen) atoms. The van der Waals surface area contributed by atoms with Crippen LogP contribution in [0.1, 0.15) is 17.5 Å². The normalized spacial score (nSPS) is 16.8. The lowest BCUT2D eigenvalue weighted by atomic mass is 10.1. The van der Waals surface area contributed by atoms with E-state index in [1.54, 1.807) is 0 Å². The molecule has 1 fully saturated rings. The van der Waals surface area contributed by atoms with E-state index in [-0.39, 0.29) is 49.9 Å². The van der Waals surface area contributed by atoms with Crippen molar-refractivity contribution in [3.63, 3.8) is 0 Å². The molecule has 0 aromatic heterocycles. The van der Waals surface area contributed by atoms with E-state index in [9.17, 15) is 22.8 Å². The quantitative estimate of drug-likeness (QED) is 0.634. The van der Waals surface area contributed by atoms with Crippen LogP contribution in [-0.4, -0.2) is 48.9 Å². The average Bonchev–Trinajstić information content (AvgIpc) is 2.99. The zero-order valence-corrected chi connectivity index (χ0v) is 16.1. The molecule has 11 heteroatoms. The Morgan fingerprint density at radius 2 is 1.78 bits per heavy atom. The maximum Gasteiger partial charge on any atom is 0.416 e. The summed E-state index contributed by atoms with van der Waals surface area (Å²) in [4.78, 5) is 24.8. The van der Waals surface area contributed by atoms with Crippen molar-refractivity contribution in [2.24, 2.45) is 5.73 Å². The highest BCUT2D eigenvalue weighted by atomic mass is 35.5. The Morgan fingerprint density at radius 3 is 2.33 bits per heavy atom. The van der Waals surface area contributed by atoms with Crippen LogP contribution in [0.25, 0.3) is 0 Å². The minimum Gasteiger partial charge on any atom is -0.350 e. The van der Waals surface area contributed by atoms with E-state index in [1.807, 2.05) is 0 Å². The number of halogens is 5. The van der Waals surface area contributed by atoms with Crippen LogP contribution in [0.2, 0.25) is 0 Å². The molecule has 154 valence electrons. The van der Waals surface area contributed by atoms with Crippen molar-refractivity contribution in [3.8, 4) is 0 Å². The van der Waals surface area contributed by atoms with E-state index < -0.39 is 17.6 Å². The summed E-state index contributed by atoms with van der Waals surface area (Å²) in [5.74, 6) is -0.686. The first-order valence-corrected chi connectivity index (χ1v) is 7.92. The molecule has 1 atom stereocenters. The van der Waals surface area contributed by atoms with Crippen molar-refractivity contribution >= 4 is 36.6 Å². The largest absolute Gasteiger partial charge is 0.416 e. The van der Waals surface area contributed by atoms with Gasteiger partial charge in [0.1, 0.15) is 0 Å². The van der Waals surface area contributed by atoms with Crippen LogP contribution in [-0.2, 0) is 22.3 Å². The number of nitrogens with one attached hydrogen (secondary N) is 2. The minimum absolute atomic E-state index is 0. The van der Waals surface area contributed by atoms with Crippen LogP contribution in [0.4, 0.5) is 13.2 Å². The number of nitrogens with two attached hydrogens (primary N) is 1. The zero-order valence-electron chi connectivity index (χ0n) is 14.4. The van der Waals surface area contributed by atoms with Crippen molar-refractivity contribution in [2.45, 2.75) is 25.2 Å². The fourth-order valence-corrected chi connectivity index (χ4v) is 2.68. The molecule has 1 aromatic carbocycles. The Morgan fingerprint density at radius 1 is 1.15 bits per heavy atom. The predicted octanol–water partition coefficient (Wildman–Crippen LogP) is 1.31. The number of carbonyl (C=O) groups excluding carboxylic acids is 2. The lowest BCUT2D eigenvalue weighted by molar-refractivity contribution is -0.137. The second-order valence-corrected chi connectivity index (χ2v) is 5.96. The van der Waals surface area contributed by atoms with Gasteiger partial charge in [-0.25, -0.2) is 0 Å². The van der Waals surface area contributed by atoms with Gasteiger partial charge in [-0.15, -0.1) is 24.8 Å². The number of amides is 2. The van der Waals surface area contributed by atoms with Crippen LogP contribution in [0.5, 0.6) is 0 Å². The van der Waals surface area contributed by atoms with Gasteiger partial charge in [0.15, 0.2) is 0 Å². The third-order valence-electron chi connectivity index (χ3n) is 3.96. The van der Waals surface area contributed by atoms with E-state index in [2.05, 4.69) is 15.5 Å². The molecule has 0 spiro atoms. The molecule has 6 nitrogen and oxygen atoms in total. The Hall–Kier alpha value is -1.55. The lowest BCUT2D eigenvalue weighted by Gasteiger charge is -2.17. The zero-order chi connectivity index (χ0) is 18.4. The predicted molar refractivity (Wildman–Crippen MR) is 99.8 cm³/mol. The standard InChI is InChI=1S/C16H21F3N4O2.2ClH/c17-16(18,19)12-3-1-11(2-4-12)9-23-6-5-13(10-23)22-15(25)8-21-14(24)7-20;;/h1-4,13H,5-10,20H2,(H,21,24)(H,22,25);2*1H. The van der Waals surface area contributed by atoms with Crippen LogP contribution in [0.15, 0.2) is 24.3 Å². The highest BCUT2D eigenvalue weighted by molar-refractivity contribution is 5.86. The average molecular weight is 431 g/mol. The van der Waals surface area contributed by atoms with E-state index in [1.165, 1.54) is 12.1 Å².